The van der Waals surface area contributed by atoms with Crippen LogP contribution in [-0.4, -0.2) is 36.1 Å². The minimum atomic E-state index is -0.458. The average Bonchev–Trinajstić information content (AvgIpc) is 2.95. The van der Waals surface area contributed by atoms with Gasteiger partial charge in [-0.25, -0.2) is 9.37 Å². The number of thiazole rings is 1. The minimum absolute atomic E-state index is 0.124. The van der Waals surface area contributed by atoms with E-state index in [9.17, 15) is 9.18 Å². The highest BCUT2D eigenvalue weighted by Gasteiger charge is 2.22. The van der Waals surface area contributed by atoms with E-state index in [1.54, 1.807) is 35.2 Å². The summed E-state index contributed by atoms with van der Waals surface area (Å²) in [7, 11) is 3.65. The van der Waals surface area contributed by atoms with Crippen LogP contribution < -0.4 is 5.32 Å². The molecule has 0 saturated heterocycles. The molecule has 0 fully saturated rings. The van der Waals surface area contributed by atoms with Gasteiger partial charge in [0.2, 0.25) is 5.91 Å². The molecule has 1 aromatic carbocycles. The molecule has 1 N–H and O–H groups in total. The van der Waals surface area contributed by atoms with Crippen molar-refractivity contribution in [3.8, 4) is 0 Å². The molecule has 2 aromatic rings. The van der Waals surface area contributed by atoms with Crippen LogP contribution in [0.1, 0.15) is 22.3 Å². The Bertz CT molecular complexity index is 643. The van der Waals surface area contributed by atoms with Crippen LogP contribution in [0.15, 0.2) is 29.6 Å². The summed E-state index contributed by atoms with van der Waals surface area (Å²) < 4.78 is 13.1. The molecule has 1 unspecified atom stereocenters. The molecule has 0 bridgehead atoms. The summed E-state index contributed by atoms with van der Waals surface area (Å²) in [6.07, 6.45) is 2.03. The number of halogens is 1. The first-order valence-electron chi connectivity index (χ1n) is 7.13. The predicted molar refractivity (Wildman–Crippen MR) is 94.0 cm³/mol. The molecule has 0 aliphatic heterocycles. The van der Waals surface area contributed by atoms with Gasteiger partial charge in [0.15, 0.2) is 0 Å². The largest absolute Gasteiger partial charge is 0.349 e. The highest BCUT2D eigenvalue weighted by molar-refractivity contribution is 7.97. The third-order valence-corrected chi connectivity index (χ3v) is 4.90. The molecule has 2 rings (SSSR count). The number of thioether (sulfide) groups is 1. The summed E-state index contributed by atoms with van der Waals surface area (Å²) in [5, 5.41) is 5.94. The molecule has 1 atom stereocenters. The lowest BCUT2D eigenvalue weighted by atomic mass is 10.1. The normalized spacial score (nSPS) is 12.4. The van der Waals surface area contributed by atoms with E-state index in [0.29, 0.717) is 6.54 Å². The van der Waals surface area contributed by atoms with Crippen molar-refractivity contribution in [1.29, 1.82) is 0 Å². The second-order valence-electron chi connectivity index (χ2n) is 5.30. The van der Waals surface area contributed by atoms with Gasteiger partial charge in [-0.3, -0.25) is 9.69 Å². The van der Waals surface area contributed by atoms with E-state index in [0.717, 1.165) is 22.0 Å². The van der Waals surface area contributed by atoms with Crippen LogP contribution in [0, 0.1) is 5.82 Å². The average molecular weight is 353 g/mol. The smallest absolute Gasteiger partial charge is 0.242 e. The SMILES string of the molecule is CSCc1nc(CNC(=O)C(c2ccc(F)cc2)N(C)C)cs1. The van der Waals surface area contributed by atoms with Crippen molar-refractivity contribution >= 4 is 29.0 Å². The zero-order chi connectivity index (χ0) is 16.8. The number of aromatic nitrogens is 1. The maximum absolute atomic E-state index is 13.1. The van der Waals surface area contributed by atoms with Crippen LogP contribution >= 0.6 is 23.1 Å². The van der Waals surface area contributed by atoms with Crippen LogP contribution in [0.2, 0.25) is 0 Å². The maximum Gasteiger partial charge on any atom is 0.242 e. The van der Waals surface area contributed by atoms with Crippen molar-refractivity contribution in [3.63, 3.8) is 0 Å². The number of carbonyl (C=O) groups is 1. The van der Waals surface area contributed by atoms with Crippen LogP contribution in [0.5, 0.6) is 0 Å². The van der Waals surface area contributed by atoms with E-state index >= 15 is 0 Å². The summed E-state index contributed by atoms with van der Waals surface area (Å²) in [6, 6.07) is 5.56. The van der Waals surface area contributed by atoms with Gasteiger partial charge in [-0.2, -0.15) is 11.8 Å². The van der Waals surface area contributed by atoms with Crippen LogP contribution in [0.4, 0.5) is 4.39 Å². The standard InChI is InChI=1S/C16H20FN3OS2/c1-20(2)15(11-4-6-12(17)7-5-11)16(21)18-8-13-9-23-14(19-13)10-22-3/h4-7,9,15H,8,10H2,1-3H3,(H,18,21). The number of amides is 1. The Balaban J connectivity index is 2.02. The number of benzene rings is 1. The number of nitrogens with one attached hydrogen (secondary N) is 1. The number of hydrogen-bond acceptors (Lipinski definition) is 5. The summed E-state index contributed by atoms with van der Waals surface area (Å²) >= 11 is 3.33. The van der Waals surface area contributed by atoms with Crippen molar-refractivity contribution in [2.24, 2.45) is 0 Å². The number of hydrogen-bond donors (Lipinski definition) is 1. The fourth-order valence-corrected chi connectivity index (χ4v) is 3.74. The third kappa shape index (κ3) is 5.02. The molecule has 1 heterocycles. The zero-order valence-corrected chi connectivity index (χ0v) is 15.0. The van der Waals surface area contributed by atoms with Gasteiger partial charge in [0.1, 0.15) is 16.9 Å². The Kier molecular flexibility index (Phi) is 6.56. The van der Waals surface area contributed by atoms with Crippen molar-refractivity contribution in [2.45, 2.75) is 18.3 Å². The van der Waals surface area contributed by atoms with Gasteiger partial charge < -0.3 is 5.32 Å². The van der Waals surface area contributed by atoms with E-state index in [4.69, 9.17) is 0 Å². The topological polar surface area (TPSA) is 45.2 Å². The first kappa shape index (κ1) is 17.9. The number of carbonyl (C=O) groups excluding carboxylic acids is 1. The van der Waals surface area contributed by atoms with E-state index in [2.05, 4.69) is 10.3 Å². The summed E-state index contributed by atoms with van der Waals surface area (Å²) in [6.45, 7) is 0.398. The van der Waals surface area contributed by atoms with Crippen molar-refractivity contribution in [3.05, 3.63) is 51.7 Å². The fraction of sp³-hybridized carbons (Fsp3) is 0.375. The maximum atomic E-state index is 13.1. The van der Waals surface area contributed by atoms with E-state index in [-0.39, 0.29) is 11.7 Å². The van der Waals surface area contributed by atoms with Gasteiger partial charge in [-0.05, 0) is 38.0 Å². The Labute approximate surface area is 144 Å². The Morgan fingerprint density at radius 3 is 2.70 bits per heavy atom. The lowest BCUT2D eigenvalue weighted by Gasteiger charge is -2.23. The van der Waals surface area contributed by atoms with E-state index in [1.165, 1.54) is 12.1 Å². The van der Waals surface area contributed by atoms with Gasteiger partial charge in [0.25, 0.3) is 0 Å². The van der Waals surface area contributed by atoms with Gasteiger partial charge in [-0.15, -0.1) is 11.3 Å². The van der Waals surface area contributed by atoms with Gasteiger partial charge >= 0.3 is 0 Å². The quantitative estimate of drug-likeness (QED) is 0.831. The third-order valence-electron chi connectivity index (χ3n) is 3.26. The molecule has 23 heavy (non-hydrogen) atoms. The first-order valence-corrected chi connectivity index (χ1v) is 9.40. The Morgan fingerprint density at radius 1 is 1.39 bits per heavy atom. The molecule has 0 saturated carbocycles. The van der Waals surface area contributed by atoms with E-state index < -0.39 is 6.04 Å². The molecule has 0 radical (unpaired) electrons. The zero-order valence-electron chi connectivity index (χ0n) is 13.4. The van der Waals surface area contributed by atoms with Crippen LogP contribution in [0.3, 0.4) is 0 Å². The molecule has 4 nitrogen and oxygen atoms in total. The molecule has 1 amide bonds. The van der Waals surface area contributed by atoms with Crippen LogP contribution in [-0.2, 0) is 17.1 Å². The second-order valence-corrected chi connectivity index (χ2v) is 7.11. The van der Waals surface area contributed by atoms with Gasteiger partial charge in [0, 0.05) is 11.1 Å². The molecule has 124 valence electrons. The van der Waals surface area contributed by atoms with Crippen molar-refractivity contribution in [1.82, 2.24) is 15.2 Å². The van der Waals surface area contributed by atoms with Gasteiger partial charge in [0.05, 0.1) is 12.2 Å². The molecular weight excluding hydrogens is 333 g/mol. The lowest BCUT2D eigenvalue weighted by Crippen LogP contribution is -2.36. The van der Waals surface area contributed by atoms with E-state index in [1.807, 2.05) is 30.6 Å². The lowest BCUT2D eigenvalue weighted by molar-refractivity contribution is -0.126. The molecule has 0 aliphatic carbocycles. The molecule has 0 spiro atoms. The minimum Gasteiger partial charge on any atom is -0.349 e. The summed E-state index contributed by atoms with van der Waals surface area (Å²) in [5.41, 5.74) is 1.62. The Morgan fingerprint density at radius 2 is 2.09 bits per heavy atom. The fourth-order valence-electron chi connectivity index (χ4n) is 2.22. The monoisotopic (exact) mass is 353 g/mol. The molecule has 7 heteroatoms. The number of nitrogens with zero attached hydrogens (tertiary/aromatic N) is 2. The summed E-state index contributed by atoms with van der Waals surface area (Å²) in [5.74, 6) is 0.450. The summed E-state index contributed by atoms with van der Waals surface area (Å²) in [4.78, 5) is 18.8. The Hall–Kier alpha value is -1.44. The highest BCUT2D eigenvalue weighted by atomic mass is 32.2. The highest BCUT2D eigenvalue weighted by Crippen LogP contribution is 2.19. The van der Waals surface area contributed by atoms with Gasteiger partial charge in [-0.1, -0.05) is 12.1 Å². The number of rotatable bonds is 7. The second kappa shape index (κ2) is 8.42. The molecule has 0 aliphatic rings. The molecule has 1 aromatic heterocycles. The van der Waals surface area contributed by atoms with Crippen molar-refractivity contribution < 1.29 is 9.18 Å². The molecular formula is C16H20FN3OS2. The predicted octanol–water partition coefficient (Wildman–Crippen LogP) is 3.06. The number of likely N-dealkylation sites (N-methyl/N-ethyl adjacent to an activating group) is 1. The van der Waals surface area contributed by atoms with Crippen LogP contribution in [0.25, 0.3) is 0 Å². The van der Waals surface area contributed by atoms with Crippen molar-refractivity contribution in [2.75, 3.05) is 20.4 Å². The first-order chi connectivity index (χ1) is 11.0.